The van der Waals surface area contributed by atoms with E-state index in [0.29, 0.717) is 0 Å². The molecule has 0 amide bonds. The minimum atomic E-state index is -4.84. The predicted molar refractivity (Wildman–Crippen MR) is 66.1 cm³/mol. The summed E-state index contributed by atoms with van der Waals surface area (Å²) in [5, 5.41) is 0. The molecule has 9 heteroatoms. The number of aromatic nitrogens is 1. The molecular formula is C12H8F3N2O3S. The second kappa shape index (κ2) is 5.24. The van der Waals surface area contributed by atoms with Crippen molar-refractivity contribution in [2.24, 2.45) is 0 Å². The van der Waals surface area contributed by atoms with Crippen LogP contribution in [0.1, 0.15) is 0 Å². The van der Waals surface area contributed by atoms with Crippen LogP contribution in [0.3, 0.4) is 0 Å². The summed E-state index contributed by atoms with van der Waals surface area (Å²) < 4.78 is 64.1. The molecule has 2 N–H and O–H groups in total. The van der Waals surface area contributed by atoms with Gasteiger partial charge in [-0.3, -0.25) is 4.98 Å². The van der Waals surface area contributed by atoms with Gasteiger partial charge in [-0.2, -0.15) is 0 Å². The van der Waals surface area contributed by atoms with Crippen LogP contribution in [0, 0.1) is 6.20 Å². The van der Waals surface area contributed by atoms with Crippen LogP contribution in [0.25, 0.3) is 0 Å². The highest BCUT2D eigenvalue weighted by Gasteiger charge is 2.31. The number of sulfone groups is 1. The van der Waals surface area contributed by atoms with E-state index in [1.807, 2.05) is 0 Å². The third-order valence-corrected chi connectivity index (χ3v) is 4.10. The molecular weight excluding hydrogens is 309 g/mol. The van der Waals surface area contributed by atoms with Gasteiger partial charge < -0.3 is 10.5 Å². The van der Waals surface area contributed by atoms with E-state index in [1.54, 1.807) is 0 Å². The van der Waals surface area contributed by atoms with Crippen LogP contribution in [-0.2, 0) is 9.84 Å². The maximum atomic E-state index is 12.2. The molecule has 0 spiro atoms. The summed E-state index contributed by atoms with van der Waals surface area (Å²) in [6.45, 7) is 0. The van der Waals surface area contributed by atoms with Gasteiger partial charge in [-0.1, -0.05) is 0 Å². The van der Waals surface area contributed by atoms with Gasteiger partial charge in [-0.05, 0) is 30.3 Å². The summed E-state index contributed by atoms with van der Waals surface area (Å²) in [6.07, 6.45) is -1.44. The Labute approximate surface area is 118 Å². The maximum absolute atomic E-state index is 12.2. The van der Waals surface area contributed by atoms with Crippen molar-refractivity contribution in [3.63, 3.8) is 0 Å². The number of nitrogen functional groups attached to an aromatic ring is 1. The van der Waals surface area contributed by atoms with E-state index in [-0.39, 0.29) is 15.5 Å². The van der Waals surface area contributed by atoms with E-state index in [4.69, 9.17) is 5.73 Å². The lowest BCUT2D eigenvalue weighted by molar-refractivity contribution is -0.274. The number of nitrogens with zero attached hydrogens (tertiary/aromatic N) is 1. The molecule has 2 aromatic rings. The summed E-state index contributed by atoms with van der Waals surface area (Å²) in [4.78, 5) is 3.16. The van der Waals surface area contributed by atoms with Gasteiger partial charge in [-0.25, -0.2) is 8.42 Å². The molecule has 1 aromatic heterocycles. The number of ether oxygens (including phenoxy) is 1. The highest BCUT2D eigenvalue weighted by Crippen LogP contribution is 2.26. The van der Waals surface area contributed by atoms with Gasteiger partial charge in [0.05, 0.1) is 15.5 Å². The third kappa shape index (κ3) is 3.63. The lowest BCUT2D eigenvalue weighted by atomic mass is 10.3. The largest absolute Gasteiger partial charge is 0.573 e. The monoisotopic (exact) mass is 317 g/mol. The van der Waals surface area contributed by atoms with Crippen LogP contribution in [0.15, 0.2) is 46.3 Å². The molecule has 1 radical (unpaired) electrons. The molecule has 0 saturated heterocycles. The number of nitrogens with two attached hydrogens (primary N) is 1. The van der Waals surface area contributed by atoms with Crippen molar-refractivity contribution >= 4 is 15.5 Å². The Bertz CT molecular complexity index is 743. The van der Waals surface area contributed by atoms with Crippen molar-refractivity contribution in [1.29, 1.82) is 0 Å². The maximum Gasteiger partial charge on any atom is 0.573 e. The van der Waals surface area contributed by atoms with Crippen LogP contribution >= 0.6 is 0 Å². The molecule has 111 valence electrons. The summed E-state index contributed by atoms with van der Waals surface area (Å²) in [7, 11) is -3.92. The Morgan fingerprint density at radius 3 is 2.29 bits per heavy atom. The van der Waals surface area contributed by atoms with Gasteiger partial charge in [0.2, 0.25) is 9.84 Å². The number of alkyl halides is 3. The van der Waals surface area contributed by atoms with Crippen molar-refractivity contribution < 1.29 is 26.3 Å². The van der Waals surface area contributed by atoms with Crippen molar-refractivity contribution in [1.82, 2.24) is 4.98 Å². The highest BCUT2D eigenvalue weighted by atomic mass is 32.2. The average molecular weight is 317 g/mol. The van der Waals surface area contributed by atoms with E-state index in [1.165, 1.54) is 0 Å². The van der Waals surface area contributed by atoms with E-state index in [2.05, 4.69) is 15.9 Å². The zero-order valence-corrected chi connectivity index (χ0v) is 11.1. The number of halogens is 3. The Balaban J connectivity index is 2.34. The first-order valence-electron chi connectivity index (χ1n) is 5.42. The van der Waals surface area contributed by atoms with Gasteiger partial charge in [0.1, 0.15) is 11.9 Å². The summed E-state index contributed by atoms with van der Waals surface area (Å²) in [5.41, 5.74) is 5.43. The number of pyridine rings is 1. The second-order valence-corrected chi connectivity index (χ2v) is 5.84. The van der Waals surface area contributed by atoms with Crippen molar-refractivity contribution in [3.8, 4) is 5.75 Å². The van der Waals surface area contributed by atoms with E-state index < -0.39 is 21.9 Å². The van der Waals surface area contributed by atoms with E-state index >= 15 is 0 Å². The Kier molecular flexibility index (Phi) is 3.77. The Hall–Kier alpha value is -2.29. The highest BCUT2D eigenvalue weighted by molar-refractivity contribution is 7.91. The Morgan fingerprint density at radius 1 is 1.14 bits per heavy atom. The standard InChI is InChI=1S/C12H8F3N2O3S/c13-12(14,15)20-9-1-3-10(4-2-9)21(18,19)11-5-8(16)6-17-7-11/h1-5,7H,16H2. The first-order valence-corrected chi connectivity index (χ1v) is 6.91. The zero-order chi connectivity index (χ0) is 15.7. The smallest absolute Gasteiger partial charge is 0.406 e. The Morgan fingerprint density at radius 2 is 1.76 bits per heavy atom. The molecule has 0 aliphatic rings. The molecule has 0 atom stereocenters. The fourth-order valence-electron chi connectivity index (χ4n) is 1.50. The lowest BCUT2D eigenvalue weighted by Crippen LogP contribution is -2.17. The average Bonchev–Trinajstić information content (AvgIpc) is 2.37. The van der Waals surface area contributed by atoms with Gasteiger partial charge in [0, 0.05) is 6.20 Å². The number of hydrogen-bond acceptors (Lipinski definition) is 5. The molecule has 0 saturated carbocycles. The minimum Gasteiger partial charge on any atom is -0.406 e. The number of anilines is 1. The van der Waals surface area contributed by atoms with Crippen molar-refractivity contribution in [2.45, 2.75) is 16.2 Å². The minimum absolute atomic E-state index is 0.0353. The van der Waals surface area contributed by atoms with Crippen LogP contribution in [-0.4, -0.2) is 19.8 Å². The quantitative estimate of drug-likeness (QED) is 0.938. The van der Waals surface area contributed by atoms with Gasteiger partial charge in [0.15, 0.2) is 0 Å². The molecule has 21 heavy (non-hydrogen) atoms. The fraction of sp³-hybridized carbons (Fsp3) is 0.0833. The van der Waals surface area contributed by atoms with Crippen LogP contribution < -0.4 is 10.5 Å². The zero-order valence-electron chi connectivity index (χ0n) is 10.3. The summed E-state index contributed by atoms with van der Waals surface area (Å²) in [6, 6.07) is 4.98. The molecule has 0 bridgehead atoms. The fourth-order valence-corrected chi connectivity index (χ4v) is 2.74. The summed E-state index contributed by atoms with van der Waals surface area (Å²) >= 11 is 0. The topological polar surface area (TPSA) is 82.3 Å². The van der Waals surface area contributed by atoms with Crippen molar-refractivity contribution in [2.75, 3.05) is 5.73 Å². The predicted octanol–water partition coefficient (Wildman–Crippen LogP) is 2.20. The lowest BCUT2D eigenvalue weighted by Gasteiger charge is -2.09. The normalized spacial score (nSPS) is 12.1. The molecule has 0 aliphatic heterocycles. The summed E-state index contributed by atoms with van der Waals surface area (Å²) in [5.74, 6) is -0.513. The first-order chi connectivity index (χ1) is 9.68. The van der Waals surface area contributed by atoms with E-state index in [0.717, 1.165) is 36.5 Å². The molecule has 0 fully saturated rings. The molecule has 1 aromatic carbocycles. The van der Waals surface area contributed by atoms with Gasteiger partial charge >= 0.3 is 6.36 Å². The number of hydrogen-bond donors (Lipinski definition) is 1. The number of benzene rings is 1. The molecule has 0 unspecified atom stereocenters. The number of rotatable bonds is 3. The van der Waals surface area contributed by atoms with Crippen molar-refractivity contribution in [3.05, 3.63) is 42.7 Å². The molecule has 1 heterocycles. The van der Waals surface area contributed by atoms with Crippen LogP contribution in [0.4, 0.5) is 18.9 Å². The van der Waals surface area contributed by atoms with Gasteiger partial charge in [-0.15, -0.1) is 13.2 Å². The first kappa shape index (κ1) is 15.1. The van der Waals surface area contributed by atoms with Crippen LogP contribution in [0.2, 0.25) is 0 Å². The van der Waals surface area contributed by atoms with Crippen LogP contribution in [0.5, 0.6) is 5.75 Å². The SMILES string of the molecule is Nc1[c]ncc(S(=O)(=O)c2ccc(OC(F)(F)F)cc2)c1. The molecule has 2 rings (SSSR count). The van der Waals surface area contributed by atoms with Gasteiger partial charge in [0.25, 0.3) is 0 Å². The molecule has 0 aliphatic carbocycles. The second-order valence-electron chi connectivity index (χ2n) is 3.89. The third-order valence-electron chi connectivity index (χ3n) is 2.36. The molecule has 5 nitrogen and oxygen atoms in total. The van der Waals surface area contributed by atoms with E-state index in [9.17, 15) is 21.6 Å².